The first-order valence-corrected chi connectivity index (χ1v) is 8.86. The van der Waals surface area contributed by atoms with E-state index in [0.29, 0.717) is 23.3 Å². The predicted octanol–water partition coefficient (Wildman–Crippen LogP) is 3.68. The van der Waals surface area contributed by atoms with Crippen LogP contribution in [0.4, 0.5) is 5.13 Å². The number of halogens is 1. The molecule has 0 fully saturated rings. The van der Waals surface area contributed by atoms with E-state index in [4.69, 9.17) is 4.52 Å². The van der Waals surface area contributed by atoms with E-state index >= 15 is 0 Å². The molecule has 0 aliphatic rings. The van der Waals surface area contributed by atoms with Crippen LogP contribution >= 0.6 is 33.9 Å². The summed E-state index contributed by atoms with van der Waals surface area (Å²) in [7, 11) is 0. The van der Waals surface area contributed by atoms with E-state index in [9.17, 15) is 4.79 Å². The molecule has 0 bridgehead atoms. The zero-order valence-corrected chi connectivity index (χ0v) is 15.2. The van der Waals surface area contributed by atoms with Gasteiger partial charge in [-0.25, -0.2) is 4.98 Å². The topological polar surface area (TPSA) is 80.9 Å². The van der Waals surface area contributed by atoms with Gasteiger partial charge in [0, 0.05) is 27.4 Å². The lowest BCUT2D eigenvalue weighted by molar-refractivity contribution is -0.116. The molecule has 3 rings (SSSR count). The second-order valence-corrected chi connectivity index (χ2v) is 6.93. The van der Waals surface area contributed by atoms with Gasteiger partial charge < -0.3 is 9.84 Å². The lowest BCUT2D eigenvalue weighted by atomic mass is 10.2. The van der Waals surface area contributed by atoms with Crippen molar-refractivity contribution in [1.82, 2.24) is 15.1 Å². The van der Waals surface area contributed by atoms with Crippen LogP contribution in [-0.2, 0) is 11.2 Å². The zero-order chi connectivity index (χ0) is 16.2. The van der Waals surface area contributed by atoms with Crippen molar-refractivity contribution in [2.75, 3.05) is 5.32 Å². The van der Waals surface area contributed by atoms with E-state index in [1.54, 1.807) is 6.92 Å². The Balaban J connectivity index is 1.58. The van der Waals surface area contributed by atoms with Gasteiger partial charge in [-0.1, -0.05) is 17.3 Å². The summed E-state index contributed by atoms with van der Waals surface area (Å²) >= 11 is 3.67. The number of anilines is 1. The average Bonchev–Trinajstić information content (AvgIpc) is 3.15. The largest absolute Gasteiger partial charge is 0.339 e. The number of rotatable bonds is 5. The quantitative estimate of drug-likeness (QED) is 0.613. The Morgan fingerprint density at radius 3 is 2.78 bits per heavy atom. The molecule has 2 aromatic heterocycles. The third kappa shape index (κ3) is 4.35. The lowest BCUT2D eigenvalue weighted by Gasteiger charge is -1.99. The molecule has 6 nitrogen and oxygen atoms in total. The molecule has 1 N–H and O–H groups in total. The summed E-state index contributed by atoms with van der Waals surface area (Å²) in [4.78, 5) is 20.5. The summed E-state index contributed by atoms with van der Waals surface area (Å²) in [5, 5.41) is 9.01. The van der Waals surface area contributed by atoms with Crippen LogP contribution in [0, 0.1) is 10.5 Å². The molecule has 0 radical (unpaired) electrons. The third-order valence-corrected chi connectivity index (χ3v) is 4.50. The van der Waals surface area contributed by atoms with Gasteiger partial charge in [-0.05, 0) is 41.6 Å². The molecule has 0 spiro atoms. The third-order valence-electron chi connectivity index (χ3n) is 3.03. The van der Waals surface area contributed by atoms with E-state index in [1.165, 1.54) is 14.9 Å². The van der Waals surface area contributed by atoms with Crippen molar-refractivity contribution in [3.8, 4) is 11.3 Å². The van der Waals surface area contributed by atoms with Crippen LogP contribution in [0.1, 0.15) is 18.1 Å². The van der Waals surface area contributed by atoms with Crippen molar-refractivity contribution in [2.45, 2.75) is 19.8 Å². The molecule has 118 valence electrons. The standard InChI is InChI=1S/C15H13IN4O2S/c1-9-17-14(22-20-9)7-6-13(21)19-15-18-12(8-23-15)10-2-4-11(16)5-3-10/h2-5,8H,6-7H2,1H3,(H,18,19,21). The minimum Gasteiger partial charge on any atom is -0.339 e. The number of nitrogens with zero attached hydrogens (tertiary/aromatic N) is 3. The highest BCUT2D eigenvalue weighted by atomic mass is 127. The van der Waals surface area contributed by atoms with Crippen LogP contribution in [-0.4, -0.2) is 21.0 Å². The second kappa shape index (κ2) is 7.18. The molecule has 0 unspecified atom stereocenters. The van der Waals surface area contributed by atoms with E-state index in [0.717, 1.165) is 11.3 Å². The van der Waals surface area contributed by atoms with Gasteiger partial charge in [-0.15, -0.1) is 11.3 Å². The van der Waals surface area contributed by atoms with E-state index in [-0.39, 0.29) is 12.3 Å². The number of thiazole rings is 1. The van der Waals surface area contributed by atoms with Crippen LogP contribution in [0.15, 0.2) is 34.2 Å². The van der Waals surface area contributed by atoms with Gasteiger partial charge in [0.05, 0.1) is 5.69 Å². The Bertz CT molecular complexity index is 813. The maximum Gasteiger partial charge on any atom is 0.227 e. The number of carbonyl (C=O) groups is 1. The van der Waals surface area contributed by atoms with E-state index < -0.39 is 0 Å². The normalized spacial score (nSPS) is 10.7. The number of carbonyl (C=O) groups excluding carboxylic acids is 1. The minimum atomic E-state index is -0.121. The predicted molar refractivity (Wildman–Crippen MR) is 96.3 cm³/mol. The van der Waals surface area contributed by atoms with Gasteiger partial charge in [0.15, 0.2) is 11.0 Å². The highest BCUT2D eigenvalue weighted by Gasteiger charge is 2.10. The molecule has 23 heavy (non-hydrogen) atoms. The summed E-state index contributed by atoms with van der Waals surface area (Å²) in [5.74, 6) is 0.920. The summed E-state index contributed by atoms with van der Waals surface area (Å²) in [6.45, 7) is 1.74. The molecular weight excluding hydrogens is 427 g/mol. The maximum atomic E-state index is 11.9. The Morgan fingerprint density at radius 1 is 1.30 bits per heavy atom. The molecule has 1 amide bonds. The molecule has 0 atom stereocenters. The molecule has 0 saturated heterocycles. The number of hydrogen-bond acceptors (Lipinski definition) is 6. The van der Waals surface area contributed by atoms with Gasteiger partial charge in [-0.2, -0.15) is 4.98 Å². The number of nitrogens with one attached hydrogen (secondary N) is 1. The van der Waals surface area contributed by atoms with Gasteiger partial charge >= 0.3 is 0 Å². The SMILES string of the molecule is Cc1noc(CCC(=O)Nc2nc(-c3ccc(I)cc3)cs2)n1. The maximum absolute atomic E-state index is 11.9. The number of amides is 1. The fraction of sp³-hybridized carbons (Fsp3) is 0.200. The fourth-order valence-corrected chi connectivity index (χ4v) is 3.02. The highest BCUT2D eigenvalue weighted by Crippen LogP contribution is 2.25. The first-order chi connectivity index (χ1) is 11.1. The summed E-state index contributed by atoms with van der Waals surface area (Å²) in [6, 6.07) is 8.08. The lowest BCUT2D eigenvalue weighted by Crippen LogP contribution is -2.12. The Morgan fingerprint density at radius 2 is 2.09 bits per heavy atom. The van der Waals surface area contributed by atoms with Gasteiger partial charge in [0.2, 0.25) is 11.8 Å². The molecule has 0 saturated carbocycles. The number of hydrogen-bond donors (Lipinski definition) is 1. The van der Waals surface area contributed by atoms with Gasteiger partial charge in [-0.3, -0.25) is 4.79 Å². The Hall–Kier alpha value is -1.81. The highest BCUT2D eigenvalue weighted by molar-refractivity contribution is 14.1. The van der Waals surface area contributed by atoms with Crippen LogP contribution < -0.4 is 5.32 Å². The van der Waals surface area contributed by atoms with Crippen molar-refractivity contribution in [1.29, 1.82) is 0 Å². The van der Waals surface area contributed by atoms with Crippen LogP contribution in [0.3, 0.4) is 0 Å². The number of benzene rings is 1. The minimum absolute atomic E-state index is 0.121. The smallest absolute Gasteiger partial charge is 0.227 e. The first-order valence-electron chi connectivity index (χ1n) is 6.90. The molecule has 0 aliphatic heterocycles. The van der Waals surface area contributed by atoms with Gasteiger partial charge in [0.1, 0.15) is 0 Å². The molecule has 3 aromatic rings. The fourth-order valence-electron chi connectivity index (χ4n) is 1.93. The Labute approximate surface area is 150 Å². The van der Waals surface area contributed by atoms with Crippen LogP contribution in [0.25, 0.3) is 11.3 Å². The molecule has 8 heteroatoms. The molecular formula is C15H13IN4O2S. The van der Waals surface area contributed by atoms with Crippen molar-refractivity contribution >= 4 is 45.0 Å². The molecule has 2 heterocycles. The van der Waals surface area contributed by atoms with Crippen LogP contribution in [0.2, 0.25) is 0 Å². The number of aromatic nitrogens is 3. The van der Waals surface area contributed by atoms with Crippen molar-refractivity contribution in [3.63, 3.8) is 0 Å². The summed E-state index contributed by atoms with van der Waals surface area (Å²) in [6.07, 6.45) is 0.697. The van der Waals surface area contributed by atoms with Crippen molar-refractivity contribution in [2.24, 2.45) is 0 Å². The summed E-state index contributed by atoms with van der Waals surface area (Å²) in [5.41, 5.74) is 1.89. The molecule has 0 aliphatic carbocycles. The van der Waals surface area contributed by atoms with Crippen LogP contribution in [0.5, 0.6) is 0 Å². The molecule has 1 aromatic carbocycles. The monoisotopic (exact) mass is 440 g/mol. The average molecular weight is 440 g/mol. The number of aryl methyl sites for hydroxylation is 2. The van der Waals surface area contributed by atoms with E-state index in [2.05, 4.69) is 43.0 Å². The van der Waals surface area contributed by atoms with Gasteiger partial charge in [0.25, 0.3) is 0 Å². The Kier molecular flexibility index (Phi) is 5.01. The van der Waals surface area contributed by atoms with E-state index in [1.807, 2.05) is 29.6 Å². The summed E-state index contributed by atoms with van der Waals surface area (Å²) < 4.78 is 6.15. The first kappa shape index (κ1) is 16.1. The van der Waals surface area contributed by atoms with Crippen molar-refractivity contribution in [3.05, 3.63) is 44.9 Å². The van der Waals surface area contributed by atoms with Crippen molar-refractivity contribution < 1.29 is 9.32 Å². The zero-order valence-electron chi connectivity index (χ0n) is 12.2. The second-order valence-electron chi connectivity index (χ2n) is 4.83.